The lowest BCUT2D eigenvalue weighted by Gasteiger charge is -2.22. The normalized spacial score (nSPS) is 12.2. The van der Waals surface area contributed by atoms with Crippen molar-refractivity contribution in [3.63, 3.8) is 0 Å². The van der Waals surface area contributed by atoms with E-state index in [4.69, 9.17) is 0 Å². The highest BCUT2D eigenvalue weighted by molar-refractivity contribution is 5.89. The predicted octanol–water partition coefficient (Wildman–Crippen LogP) is 4.32. The Bertz CT molecular complexity index is 1120. The summed E-state index contributed by atoms with van der Waals surface area (Å²) in [4.78, 5) is 16.2. The largest absolute Gasteiger partial charge is 0.505 e. The van der Waals surface area contributed by atoms with E-state index in [0.29, 0.717) is 11.1 Å². The van der Waals surface area contributed by atoms with E-state index in [1.165, 1.54) is 6.92 Å². The van der Waals surface area contributed by atoms with Crippen molar-refractivity contribution < 1.29 is 9.90 Å². The number of hydrogen-bond acceptors (Lipinski definition) is 3. The molecule has 1 amide bonds. The molecule has 4 heteroatoms. The lowest BCUT2D eigenvalue weighted by molar-refractivity contribution is -0.119. The molecule has 4 aromatic rings. The van der Waals surface area contributed by atoms with Crippen LogP contribution in [0.15, 0.2) is 72.9 Å². The van der Waals surface area contributed by atoms with Gasteiger partial charge in [0.15, 0.2) is 0 Å². The summed E-state index contributed by atoms with van der Waals surface area (Å²) in [5.41, 5.74) is 2.09. The average Bonchev–Trinajstić information content (AvgIpc) is 2.66. The van der Waals surface area contributed by atoms with Crippen molar-refractivity contribution in [2.45, 2.75) is 13.0 Å². The number of hydrogen-bond donors (Lipinski definition) is 2. The first-order valence-electron chi connectivity index (χ1n) is 8.46. The van der Waals surface area contributed by atoms with Crippen molar-refractivity contribution in [1.29, 1.82) is 0 Å². The lowest BCUT2D eigenvalue weighted by atomic mass is 9.92. The van der Waals surface area contributed by atoms with E-state index in [0.717, 1.165) is 21.7 Å². The van der Waals surface area contributed by atoms with Crippen LogP contribution in [0.4, 0.5) is 0 Å². The summed E-state index contributed by atoms with van der Waals surface area (Å²) in [6.07, 6.45) is 1.65. The number of carbonyl (C=O) groups is 1. The molecule has 0 aliphatic rings. The van der Waals surface area contributed by atoms with E-state index in [9.17, 15) is 9.90 Å². The van der Waals surface area contributed by atoms with Gasteiger partial charge in [0.1, 0.15) is 11.3 Å². The van der Waals surface area contributed by atoms with Gasteiger partial charge in [0.05, 0.1) is 6.04 Å². The summed E-state index contributed by atoms with van der Waals surface area (Å²) in [7, 11) is 0. The number of benzene rings is 3. The second-order valence-electron chi connectivity index (χ2n) is 6.28. The van der Waals surface area contributed by atoms with Gasteiger partial charge in [-0.3, -0.25) is 9.78 Å². The van der Waals surface area contributed by atoms with E-state index in [-0.39, 0.29) is 11.7 Å². The van der Waals surface area contributed by atoms with E-state index in [2.05, 4.69) is 10.3 Å². The zero-order chi connectivity index (χ0) is 18.1. The minimum atomic E-state index is -0.468. The molecule has 0 aliphatic heterocycles. The second-order valence-corrected chi connectivity index (χ2v) is 6.28. The number of rotatable bonds is 3. The number of phenols is 1. The number of aromatic hydroxyl groups is 1. The topological polar surface area (TPSA) is 62.2 Å². The van der Waals surface area contributed by atoms with Crippen LogP contribution in [0.2, 0.25) is 0 Å². The monoisotopic (exact) mass is 342 g/mol. The quantitative estimate of drug-likeness (QED) is 0.583. The maximum atomic E-state index is 11.9. The molecule has 0 fully saturated rings. The van der Waals surface area contributed by atoms with Crippen LogP contribution in [-0.2, 0) is 4.79 Å². The Balaban J connectivity index is 1.96. The average molecular weight is 342 g/mol. The van der Waals surface area contributed by atoms with E-state index in [1.807, 2.05) is 66.7 Å². The molecule has 4 rings (SSSR count). The third-order valence-corrected chi connectivity index (χ3v) is 4.57. The van der Waals surface area contributed by atoms with Crippen LogP contribution >= 0.6 is 0 Å². The fourth-order valence-electron chi connectivity index (χ4n) is 3.41. The molecule has 0 aliphatic carbocycles. The molecule has 1 unspecified atom stereocenters. The maximum Gasteiger partial charge on any atom is 0.217 e. The van der Waals surface area contributed by atoms with E-state index < -0.39 is 6.04 Å². The first-order valence-corrected chi connectivity index (χ1v) is 8.46. The molecule has 0 bridgehead atoms. The van der Waals surface area contributed by atoms with Gasteiger partial charge < -0.3 is 10.4 Å². The Labute approximate surface area is 151 Å². The molecule has 3 aromatic carbocycles. The molecule has 4 nitrogen and oxygen atoms in total. The number of nitrogens with zero attached hydrogens (tertiary/aromatic N) is 1. The molecule has 26 heavy (non-hydrogen) atoms. The second kappa shape index (κ2) is 6.48. The minimum Gasteiger partial charge on any atom is -0.505 e. The van der Waals surface area contributed by atoms with E-state index in [1.54, 1.807) is 6.20 Å². The predicted molar refractivity (Wildman–Crippen MR) is 103 cm³/mol. The van der Waals surface area contributed by atoms with Gasteiger partial charge in [-0.05, 0) is 22.4 Å². The Hall–Kier alpha value is -3.40. The molecular weight excluding hydrogens is 324 g/mol. The smallest absolute Gasteiger partial charge is 0.217 e. The van der Waals surface area contributed by atoms with Crippen molar-refractivity contribution in [2.24, 2.45) is 0 Å². The van der Waals surface area contributed by atoms with E-state index >= 15 is 0 Å². The molecule has 1 heterocycles. The number of fused-ring (bicyclic) bond motifs is 2. The van der Waals surface area contributed by atoms with Gasteiger partial charge in [-0.25, -0.2) is 0 Å². The molecule has 0 radical (unpaired) electrons. The molecule has 0 saturated carbocycles. The third-order valence-electron chi connectivity index (χ3n) is 4.57. The number of phenolic OH excluding ortho intramolecular Hbond substituents is 1. The lowest BCUT2D eigenvalue weighted by Crippen LogP contribution is -2.27. The Morgan fingerprint density at radius 2 is 1.69 bits per heavy atom. The van der Waals surface area contributed by atoms with Gasteiger partial charge in [0.2, 0.25) is 5.91 Å². The number of carbonyl (C=O) groups excluding carboxylic acids is 1. The molecule has 0 saturated heterocycles. The van der Waals surface area contributed by atoms with Crippen LogP contribution in [0.3, 0.4) is 0 Å². The molecule has 0 spiro atoms. The van der Waals surface area contributed by atoms with Gasteiger partial charge >= 0.3 is 0 Å². The zero-order valence-corrected chi connectivity index (χ0v) is 14.3. The van der Waals surface area contributed by atoms with Crippen LogP contribution in [-0.4, -0.2) is 16.0 Å². The van der Waals surface area contributed by atoms with Gasteiger partial charge in [-0.1, -0.05) is 60.7 Å². The van der Waals surface area contributed by atoms with Crippen molar-refractivity contribution in [3.05, 3.63) is 84.1 Å². The SMILES string of the molecule is CC(=O)NC(c1ccc2cccnc2c1O)c1cccc2ccccc12. The Kier molecular flexibility index (Phi) is 4.01. The number of nitrogens with one attached hydrogen (secondary N) is 1. The van der Waals surface area contributed by atoms with Crippen LogP contribution in [0.5, 0.6) is 5.75 Å². The summed E-state index contributed by atoms with van der Waals surface area (Å²) in [6, 6.07) is 21.0. The summed E-state index contributed by atoms with van der Waals surface area (Å²) in [5.74, 6) is -0.0711. The highest BCUT2D eigenvalue weighted by Crippen LogP contribution is 2.36. The Morgan fingerprint density at radius 3 is 2.54 bits per heavy atom. The summed E-state index contributed by atoms with van der Waals surface area (Å²) in [5, 5.41) is 16.8. The molecule has 2 N–H and O–H groups in total. The highest BCUT2D eigenvalue weighted by atomic mass is 16.3. The number of pyridine rings is 1. The third kappa shape index (κ3) is 2.75. The highest BCUT2D eigenvalue weighted by Gasteiger charge is 2.22. The standard InChI is InChI=1S/C22H18N2O2/c1-14(25)24-21(18-10-4-7-15-6-2-3-9-17(15)18)19-12-11-16-8-5-13-23-20(16)22(19)26/h2-13,21,26H,1H3,(H,24,25). The van der Waals surface area contributed by atoms with Crippen molar-refractivity contribution in [2.75, 3.05) is 0 Å². The van der Waals surface area contributed by atoms with Gasteiger partial charge in [0, 0.05) is 24.1 Å². The first kappa shape index (κ1) is 16.1. The number of aromatic nitrogens is 1. The molecular formula is C22H18N2O2. The van der Waals surface area contributed by atoms with Crippen molar-refractivity contribution >= 4 is 27.6 Å². The summed E-state index contributed by atoms with van der Waals surface area (Å²) in [6.45, 7) is 1.48. The van der Waals surface area contributed by atoms with Crippen molar-refractivity contribution in [1.82, 2.24) is 10.3 Å². The van der Waals surface area contributed by atoms with Crippen molar-refractivity contribution in [3.8, 4) is 5.75 Å². The fraction of sp³-hybridized carbons (Fsp3) is 0.0909. The van der Waals surface area contributed by atoms with Crippen LogP contribution < -0.4 is 5.32 Å². The van der Waals surface area contributed by atoms with Crippen LogP contribution in [0, 0.1) is 0 Å². The van der Waals surface area contributed by atoms with Gasteiger partial charge in [-0.2, -0.15) is 0 Å². The fourth-order valence-corrected chi connectivity index (χ4v) is 3.41. The molecule has 1 atom stereocenters. The van der Waals surface area contributed by atoms with Crippen LogP contribution in [0.25, 0.3) is 21.7 Å². The van der Waals surface area contributed by atoms with Crippen LogP contribution in [0.1, 0.15) is 24.1 Å². The summed E-state index contributed by atoms with van der Waals surface area (Å²) < 4.78 is 0. The number of amides is 1. The minimum absolute atomic E-state index is 0.0924. The zero-order valence-electron chi connectivity index (χ0n) is 14.3. The molecule has 1 aromatic heterocycles. The summed E-state index contributed by atoms with van der Waals surface area (Å²) >= 11 is 0. The maximum absolute atomic E-state index is 11.9. The van der Waals surface area contributed by atoms with Gasteiger partial charge in [0.25, 0.3) is 0 Å². The van der Waals surface area contributed by atoms with Gasteiger partial charge in [-0.15, -0.1) is 0 Å². The first-order chi connectivity index (χ1) is 12.6. The molecule has 128 valence electrons. The Morgan fingerprint density at radius 1 is 0.923 bits per heavy atom.